The number of aryl methyl sites for hydroxylation is 1. The van der Waals surface area contributed by atoms with Gasteiger partial charge in [-0.2, -0.15) is 0 Å². The van der Waals surface area contributed by atoms with Crippen molar-refractivity contribution in [2.24, 2.45) is 5.73 Å². The Labute approximate surface area is 185 Å². The highest BCUT2D eigenvalue weighted by Gasteiger charge is 2.28. The number of hydrogen-bond donors (Lipinski definition) is 1. The maximum Gasteiger partial charge on any atom is 0.293 e. The van der Waals surface area contributed by atoms with Crippen LogP contribution in [0.5, 0.6) is 0 Å². The average Bonchev–Trinajstić information content (AvgIpc) is 3.68. The Bertz CT molecular complexity index is 961. The van der Waals surface area contributed by atoms with Crippen molar-refractivity contribution in [1.29, 1.82) is 0 Å². The van der Waals surface area contributed by atoms with Gasteiger partial charge in [0.15, 0.2) is 5.82 Å². The second-order valence-electron chi connectivity index (χ2n) is 8.55. The molecule has 8 heteroatoms. The molecule has 0 radical (unpaired) electrons. The van der Waals surface area contributed by atoms with E-state index >= 15 is 0 Å². The van der Waals surface area contributed by atoms with Crippen LogP contribution in [0.25, 0.3) is 0 Å². The van der Waals surface area contributed by atoms with Gasteiger partial charge < -0.3 is 15.2 Å². The van der Waals surface area contributed by atoms with Crippen LogP contribution in [0.2, 0.25) is 0 Å². The number of aromatic nitrogens is 2. The summed E-state index contributed by atoms with van der Waals surface area (Å²) in [4.78, 5) is 19.2. The Morgan fingerprint density at radius 2 is 1.77 bits per heavy atom. The van der Waals surface area contributed by atoms with Gasteiger partial charge in [0.2, 0.25) is 0 Å². The fraction of sp³-hybridized carbons (Fsp3) is 0.565. The van der Waals surface area contributed by atoms with Gasteiger partial charge in [-0.15, -0.1) is 0 Å². The first-order chi connectivity index (χ1) is 15.0. The minimum absolute atomic E-state index is 0.00156. The molecule has 5 rings (SSSR count). The molecule has 1 saturated heterocycles. The zero-order valence-corrected chi connectivity index (χ0v) is 18.7. The van der Waals surface area contributed by atoms with Crippen molar-refractivity contribution in [2.45, 2.75) is 50.5 Å². The second kappa shape index (κ2) is 10.0. The normalized spacial score (nSPS) is 19.1. The van der Waals surface area contributed by atoms with E-state index in [1.54, 1.807) is 0 Å². The van der Waals surface area contributed by atoms with E-state index in [1.807, 2.05) is 27.8 Å². The Kier molecular flexibility index (Phi) is 7.17. The summed E-state index contributed by atoms with van der Waals surface area (Å²) >= 11 is 0. The van der Waals surface area contributed by atoms with Crippen molar-refractivity contribution in [1.82, 2.24) is 9.55 Å². The number of halogens is 1. The molecule has 1 aliphatic heterocycles. The summed E-state index contributed by atoms with van der Waals surface area (Å²) in [5, 5.41) is 0. The molecule has 0 spiro atoms. The third-order valence-corrected chi connectivity index (χ3v) is 7.21. The number of rotatable bonds is 6. The van der Waals surface area contributed by atoms with E-state index in [0.717, 1.165) is 37.3 Å². The van der Waals surface area contributed by atoms with Crippen LogP contribution in [-0.4, -0.2) is 44.9 Å². The summed E-state index contributed by atoms with van der Waals surface area (Å²) in [5.74, 6) is 2.38. The van der Waals surface area contributed by atoms with Crippen LogP contribution in [0, 0.1) is 5.82 Å². The van der Waals surface area contributed by atoms with Gasteiger partial charge in [-0.3, -0.25) is 9.00 Å². The summed E-state index contributed by atoms with van der Waals surface area (Å²) in [6.07, 6.45) is 8.29. The average molecular weight is 447 g/mol. The van der Waals surface area contributed by atoms with E-state index in [9.17, 15) is 13.4 Å². The lowest BCUT2D eigenvalue weighted by atomic mass is 10.1. The lowest BCUT2D eigenvalue weighted by Crippen LogP contribution is -2.42. The predicted molar refractivity (Wildman–Crippen MR) is 123 cm³/mol. The molecule has 3 aliphatic rings. The van der Waals surface area contributed by atoms with E-state index in [2.05, 4.69) is 4.98 Å². The molecular weight excluding hydrogens is 415 g/mol. The highest BCUT2D eigenvalue weighted by atomic mass is 32.2. The highest BCUT2D eigenvalue weighted by molar-refractivity contribution is 7.85. The van der Waals surface area contributed by atoms with Crippen LogP contribution in [0.1, 0.15) is 55.3 Å². The van der Waals surface area contributed by atoms with Crippen molar-refractivity contribution >= 4 is 16.6 Å². The van der Waals surface area contributed by atoms with Crippen molar-refractivity contribution < 1.29 is 8.60 Å². The van der Waals surface area contributed by atoms with Gasteiger partial charge in [-0.05, 0) is 68.7 Å². The molecule has 0 unspecified atom stereocenters. The fourth-order valence-corrected chi connectivity index (χ4v) is 4.83. The number of benzene rings is 1. The Hall–Kier alpha value is -2.06. The number of hydrogen-bond acceptors (Lipinski definition) is 5. The summed E-state index contributed by atoms with van der Waals surface area (Å²) in [6.45, 7) is 1.93. The minimum atomic E-state index is -0.748. The van der Waals surface area contributed by atoms with E-state index < -0.39 is 10.8 Å². The van der Waals surface area contributed by atoms with Crippen molar-refractivity contribution in [3.05, 3.63) is 57.9 Å². The first kappa shape index (κ1) is 22.1. The van der Waals surface area contributed by atoms with Crippen molar-refractivity contribution in [3.8, 4) is 0 Å². The van der Waals surface area contributed by atoms with Gasteiger partial charge in [0.25, 0.3) is 5.56 Å². The molecule has 6 nitrogen and oxygen atoms in total. The van der Waals surface area contributed by atoms with Crippen LogP contribution in [0.3, 0.4) is 0 Å². The zero-order chi connectivity index (χ0) is 21.8. The number of anilines is 1. The smallest absolute Gasteiger partial charge is 0.293 e. The first-order valence-corrected chi connectivity index (χ1v) is 12.7. The molecule has 2 heterocycles. The molecule has 1 aromatic heterocycles. The molecule has 0 amide bonds. The van der Waals surface area contributed by atoms with Gasteiger partial charge in [0, 0.05) is 47.6 Å². The van der Waals surface area contributed by atoms with E-state index in [1.165, 1.54) is 30.5 Å². The van der Waals surface area contributed by atoms with Gasteiger partial charge >= 0.3 is 0 Å². The lowest BCUT2D eigenvalue weighted by molar-refractivity contribution is 0.627. The van der Waals surface area contributed by atoms with E-state index in [4.69, 9.17) is 5.73 Å². The SMILES string of the molecule is Fc1ccc(C2CC2)cc1.NCCCc1cn(C2CC2)c(=O)c(N2CCS(=O)CC2)n1. The van der Waals surface area contributed by atoms with E-state index in [-0.39, 0.29) is 11.4 Å². The maximum absolute atomic E-state index is 12.6. The summed E-state index contributed by atoms with van der Waals surface area (Å²) < 4.78 is 25.7. The fourth-order valence-electron chi connectivity index (χ4n) is 3.78. The molecule has 2 saturated carbocycles. The van der Waals surface area contributed by atoms with Gasteiger partial charge in [-0.25, -0.2) is 9.37 Å². The van der Waals surface area contributed by atoms with Crippen molar-refractivity contribution in [3.63, 3.8) is 0 Å². The third kappa shape index (κ3) is 6.01. The maximum atomic E-state index is 12.6. The molecule has 31 heavy (non-hydrogen) atoms. The molecule has 2 aromatic rings. The lowest BCUT2D eigenvalue weighted by Gasteiger charge is -2.27. The van der Waals surface area contributed by atoms with Crippen molar-refractivity contribution in [2.75, 3.05) is 36.0 Å². The molecule has 0 atom stereocenters. The number of nitrogens with two attached hydrogens (primary N) is 1. The van der Waals surface area contributed by atoms with Crippen LogP contribution in [0.4, 0.5) is 10.2 Å². The van der Waals surface area contributed by atoms with Crippen LogP contribution >= 0.6 is 0 Å². The number of nitrogens with zero attached hydrogens (tertiary/aromatic N) is 3. The largest absolute Gasteiger partial charge is 0.350 e. The summed E-state index contributed by atoms with van der Waals surface area (Å²) in [5.41, 5.74) is 7.81. The van der Waals surface area contributed by atoms with E-state index in [0.29, 0.717) is 43.0 Å². The standard InChI is InChI=1S/C14H22N4O2S.C9H9F/c15-5-1-2-11-10-18(12-3-4-12)14(19)13(16-11)17-6-8-21(20)9-7-17;10-9-5-3-8(4-6-9)7-1-2-7/h10,12H,1-9,15H2;3-7H,1-2H2. The first-order valence-electron chi connectivity index (χ1n) is 11.2. The topological polar surface area (TPSA) is 81.2 Å². The molecular formula is C23H31FN4O2S. The van der Waals surface area contributed by atoms with Crippen LogP contribution in [0.15, 0.2) is 35.3 Å². The minimum Gasteiger partial charge on any atom is -0.350 e. The Morgan fingerprint density at radius 1 is 1.10 bits per heavy atom. The second-order valence-corrected chi connectivity index (χ2v) is 10.2. The molecule has 2 N–H and O–H groups in total. The zero-order valence-electron chi connectivity index (χ0n) is 17.8. The molecule has 0 bridgehead atoms. The van der Waals surface area contributed by atoms with Gasteiger partial charge in [0.1, 0.15) is 5.82 Å². The molecule has 1 aromatic carbocycles. The van der Waals surface area contributed by atoms with Gasteiger partial charge in [0.05, 0.1) is 5.69 Å². The quantitative estimate of drug-likeness (QED) is 0.738. The predicted octanol–water partition coefficient (Wildman–Crippen LogP) is 2.74. The Balaban J connectivity index is 0.000000192. The summed E-state index contributed by atoms with van der Waals surface area (Å²) in [6, 6.07) is 7.18. The van der Waals surface area contributed by atoms with Crippen LogP contribution < -0.4 is 16.2 Å². The highest BCUT2D eigenvalue weighted by Crippen LogP contribution is 2.39. The Morgan fingerprint density at radius 3 is 2.35 bits per heavy atom. The monoisotopic (exact) mass is 446 g/mol. The molecule has 3 fully saturated rings. The van der Waals surface area contributed by atoms with Gasteiger partial charge in [-0.1, -0.05) is 12.1 Å². The summed E-state index contributed by atoms with van der Waals surface area (Å²) in [7, 11) is -0.748. The molecule has 168 valence electrons. The molecule has 2 aliphatic carbocycles. The third-order valence-electron chi connectivity index (χ3n) is 5.94. The van der Waals surface area contributed by atoms with Crippen LogP contribution in [-0.2, 0) is 17.2 Å².